The van der Waals surface area contributed by atoms with Gasteiger partial charge in [0, 0.05) is 59.4 Å². The van der Waals surface area contributed by atoms with Crippen LogP contribution in [0.5, 0.6) is 0 Å². The Morgan fingerprint density at radius 2 is 0.989 bits per heavy atom. The fraction of sp³-hybridized carbons (Fsp3) is 0.306. The number of imidazole rings is 1. The van der Waals surface area contributed by atoms with Crippen LogP contribution in [-0.4, -0.2) is 92.8 Å². The number of rotatable bonds is 17. The molecule has 6 N–H and O–H groups in total. The molecule has 546 valence electrons. The summed E-state index contributed by atoms with van der Waals surface area (Å²) in [6.45, 7) is 6.52. The predicted octanol–water partition coefficient (Wildman–Crippen LogP) is 17.6. The number of hydrogen-bond acceptors (Lipinski definition) is 17. The van der Waals surface area contributed by atoms with Gasteiger partial charge in [-0.15, -0.1) is 139 Å². The molecule has 0 saturated heterocycles. The summed E-state index contributed by atoms with van der Waals surface area (Å²) in [5.74, 6) is -2.25. The summed E-state index contributed by atoms with van der Waals surface area (Å²) in [6, 6.07) is 12.3. The van der Waals surface area contributed by atoms with Gasteiger partial charge in [0.05, 0.1) is 33.0 Å². The number of nitro groups is 2. The Labute approximate surface area is 700 Å². The monoisotopic (exact) mass is 2000 g/mol. The molecule has 0 aromatic carbocycles. The van der Waals surface area contributed by atoms with E-state index in [9.17, 15) is 38.2 Å². The number of aryl methyl sites for hydroxylation is 3. The van der Waals surface area contributed by atoms with Crippen molar-refractivity contribution >= 4 is 327 Å². The number of anilines is 1. The van der Waals surface area contributed by atoms with Crippen LogP contribution in [0.25, 0.3) is 11.2 Å². The zero-order valence-electron chi connectivity index (χ0n) is 61.8. The summed E-state index contributed by atoms with van der Waals surface area (Å²) >= 11 is 38.4. The van der Waals surface area contributed by atoms with Crippen LogP contribution in [0.3, 0.4) is 0 Å². The van der Waals surface area contributed by atoms with E-state index in [1.807, 2.05) is 24.6 Å². The average molecular weight is 2010 g/mol. The van der Waals surface area contributed by atoms with Crippen LogP contribution in [0.4, 0.5) is 30.2 Å². The number of aromatic nitrogens is 6. The largest absolute Gasteiger partial charge is 1.00 e. The molecule has 0 spiro atoms. The number of halogens is 10. The van der Waals surface area contributed by atoms with Crippen LogP contribution in [-0.2, 0) is 66.9 Å². The molecule has 0 aliphatic rings. The van der Waals surface area contributed by atoms with Gasteiger partial charge in [-0.2, -0.15) is 13.2 Å². The molecule has 0 aliphatic heterocycles. The Morgan fingerprint density at radius 3 is 1.27 bits per heavy atom. The molecule has 5 aromatic heterocycles. The minimum Gasteiger partial charge on any atom is -1.00 e. The Bertz CT molecular complexity index is 3040. The van der Waals surface area contributed by atoms with E-state index in [1.165, 1.54) is 38.2 Å². The van der Waals surface area contributed by atoms with Gasteiger partial charge in [-0.25, -0.2) is 29.7 Å². The Hall–Kier alpha value is 7.33. The molecular formula is C36H80Cl7F3FeN10Na2O12P24. The number of aliphatic carboxylic acids is 2. The summed E-state index contributed by atoms with van der Waals surface area (Å²) in [7, 11) is 45.1. The van der Waals surface area contributed by atoms with E-state index in [0.717, 1.165) is 36.0 Å². The molecule has 0 bridgehead atoms. The minimum absolute atomic E-state index is 0. The van der Waals surface area contributed by atoms with Crippen molar-refractivity contribution < 1.29 is 156 Å². The molecule has 5 heterocycles. The van der Waals surface area contributed by atoms with Crippen molar-refractivity contribution in [2.45, 2.75) is 52.6 Å². The molecule has 0 fully saturated rings. The fourth-order valence-corrected chi connectivity index (χ4v) is 295. The number of carbonyl (C=O) groups is 4. The summed E-state index contributed by atoms with van der Waals surface area (Å²) in [5.41, 5.74) is 13.5. The molecule has 0 radical (unpaired) electrons. The maximum absolute atomic E-state index is 10.6. The second-order valence-electron chi connectivity index (χ2n) is 14.7. The summed E-state index contributed by atoms with van der Waals surface area (Å²) in [6.07, 6.45) is -3.75. The number of carboxylic acid groups (broad SMARTS) is 2. The number of pyridine rings is 4. The minimum atomic E-state index is -5.08. The first-order chi connectivity index (χ1) is 47.4. The molecule has 15 unspecified atom stereocenters. The van der Waals surface area contributed by atoms with Crippen molar-refractivity contribution in [2.24, 2.45) is 12.8 Å². The van der Waals surface area contributed by atoms with Gasteiger partial charge in [0.2, 0.25) is 5.15 Å². The van der Waals surface area contributed by atoms with E-state index < -0.39 is 28.0 Å². The molecule has 5 aromatic rings. The van der Waals surface area contributed by atoms with Gasteiger partial charge >= 0.3 is 76.9 Å². The van der Waals surface area contributed by atoms with Crippen LogP contribution < -0.4 is 75.8 Å². The summed E-state index contributed by atoms with van der Waals surface area (Å²) in [4.78, 5) is 78.1. The van der Waals surface area contributed by atoms with E-state index in [0.29, 0.717) is 34.0 Å². The molecule has 59 heteroatoms. The smallest absolute Gasteiger partial charge is 1.00 e. The van der Waals surface area contributed by atoms with Crippen molar-refractivity contribution in [3.8, 4) is 0 Å². The molecule has 0 amide bonds. The van der Waals surface area contributed by atoms with Crippen LogP contribution in [0.1, 0.15) is 62.6 Å². The van der Waals surface area contributed by atoms with Gasteiger partial charge in [0.25, 0.3) is 18.1 Å². The van der Waals surface area contributed by atoms with Crippen LogP contribution >= 0.6 is 274 Å². The van der Waals surface area contributed by atoms with Crippen LogP contribution in [0.2, 0.25) is 25.8 Å². The fourth-order valence-electron chi connectivity index (χ4n) is 4.61. The molecule has 0 saturated carbocycles. The number of nitrogens with zero attached hydrogens (tertiary/aromatic N) is 8. The number of carboxylic acids is 2. The SMILES string of the molecule is CC(=O)CCl.CC(=O)O.CCc1nc(Cl)ccc1N.CCc1nc(Cl)ccc1[N+](=O)[O-].CN.Cn1c(CCl)nc2ccc(Cl)nc21.O=C(O)C(F)(F)F.O=CO[O-].O=[N+]([O-])c1ccc(Cl)nc1Cl.PP(P)P(P)P(P(P)P)P(P(P(P)P)P(P)P)P(P(P)P)P(P)P.[2HH].[2H][2H].[2H][2H].[2H][2H].[2H][2H].[2H][2H].[Fe].[H-].[Na+].[Na+]. The number of ketones is 1. The molecule has 0 aliphatic carbocycles. The maximum Gasteiger partial charge on any atom is 1.00 e. The number of nitrogen functional groups attached to an aromatic ring is 1. The number of nitrogens with two attached hydrogens (primary N) is 2. The number of Topliss-reactive ketones (excluding diaryl/α,β-unsaturated/α-hetero) is 1. The number of alkyl halides is 5. The molecule has 22 nitrogen and oxygen atoms in total. The van der Waals surface area contributed by atoms with Gasteiger partial charge in [-0.05, 0) is 140 Å². The first-order valence-electron chi connectivity index (χ1n) is 28.0. The van der Waals surface area contributed by atoms with E-state index in [4.69, 9.17) is 132 Å². The molecule has 5 rings (SSSR count). The molecule has 95 heavy (non-hydrogen) atoms. The first kappa shape index (κ1) is 106. The van der Waals surface area contributed by atoms with E-state index in [-0.39, 0.29) is 201 Å². The number of fused-ring (bicyclic) bond motifs is 1. The molecular weight excluding hydrogens is 1910 g/mol. The van der Waals surface area contributed by atoms with Gasteiger partial charge in [-0.3, -0.25) is 34.6 Å². The van der Waals surface area contributed by atoms with Crippen molar-refractivity contribution in [3.05, 3.63) is 112 Å². The zero-order chi connectivity index (χ0) is 83.3. The number of carbonyl (C=O) groups excluding carboxylic acids is 2. The second kappa shape index (κ2) is 68.2. The van der Waals surface area contributed by atoms with Crippen LogP contribution in [0.15, 0.2) is 48.5 Å². The third-order valence-corrected chi connectivity index (χ3v) is 164. The first-order valence-corrected chi connectivity index (χ1v) is 68.8. The third-order valence-electron chi connectivity index (χ3n) is 8.05. The Balaban J connectivity index is -0.0000000697. The van der Waals surface area contributed by atoms with Gasteiger partial charge in [-0.1, -0.05) is 71.9 Å². The normalized spacial score (nSPS) is 11.2. The average Bonchev–Trinajstić information content (AvgIpc) is 1.44. The van der Waals surface area contributed by atoms with E-state index >= 15 is 0 Å². The second-order valence-corrected chi connectivity index (χ2v) is 113. The quantitative estimate of drug-likeness (QED) is 0.00982. The third kappa shape index (κ3) is 55.4. The summed E-state index contributed by atoms with van der Waals surface area (Å²) < 4.78 is 83.6. The predicted molar refractivity (Wildman–Crippen MR) is 464 cm³/mol. The van der Waals surface area contributed by atoms with E-state index in [2.05, 4.69) is 152 Å². The molecule has 15 atom stereocenters. The van der Waals surface area contributed by atoms with Crippen LogP contribution in [0, 0.1) is 20.2 Å². The van der Waals surface area contributed by atoms with Crippen molar-refractivity contribution in [1.29, 1.82) is 0 Å². The topological polar surface area (TPSA) is 349 Å². The van der Waals surface area contributed by atoms with E-state index in [1.54, 1.807) is 25.1 Å². The Kier molecular flexibility index (Phi) is 76.4. The summed E-state index contributed by atoms with van der Waals surface area (Å²) in [5, 5.41) is 44.8. The number of hydrogen-bond donors (Lipinski definition) is 4. The standard InChI is InChI=1S/C8H7Cl2N3.C7H7ClN2O2.C7H9ClN2.C5H2Cl2N2O2.C3H5ClO.C2HF3O2.C2H4O2.CH5N.CH2O3.Fe.2Na.H26P24.6H2.H/c1-13-7(4-9)11-5-2-3-6(10)12-8(5)13;1-2-5-6(10(11)12)3-4-7(8)9-5;1-2-6-5(9)3-4-7(8)10-6;6-4-2-1-3(9(10)11)5(7)8-4;1-3(5)2-4;3-2(4,5)1(6)7;1-2(3)4;1-2;2-1-4-3;;;;1-14(2)20(13)23(19(11)12)24(21(15(3)4)16(5)6)22(17(7)8)18(9)10;;;;;;;/h2-3H,4H2,1H3;3-4H,2H2,1H3;3-4H,2,9H2,1H3;1-2H;2H2,1H3;(H,6,7);1H3,(H,3,4);2H2,1H3;1,3H;;;;1-13H2;6*1H;/q;;;;;;;;;;2*+1;;;;;;;;-1/p-1/i;;;;;;;;;;;;;5*1+1D;1+1;. The van der Waals surface area contributed by atoms with Gasteiger partial charge < -0.3 is 37.8 Å². The van der Waals surface area contributed by atoms with Gasteiger partial charge in [0.1, 0.15) is 43.4 Å². The van der Waals surface area contributed by atoms with Gasteiger partial charge in [0.15, 0.2) is 5.65 Å². The maximum atomic E-state index is 10.6. The van der Waals surface area contributed by atoms with Crippen molar-refractivity contribution in [3.63, 3.8) is 0 Å². The zero-order valence-corrected chi connectivity index (χ0v) is 86.0. The van der Waals surface area contributed by atoms with Crippen molar-refractivity contribution in [1.82, 2.24) is 29.5 Å². The van der Waals surface area contributed by atoms with Crippen molar-refractivity contribution in [2.75, 3.05) is 18.7 Å². The Morgan fingerprint density at radius 1 is 0.663 bits per heavy atom.